The molecule has 0 aromatic heterocycles. The van der Waals surface area contributed by atoms with Gasteiger partial charge in [-0.25, -0.2) is 4.39 Å². The Morgan fingerprint density at radius 1 is 1.19 bits per heavy atom. The third-order valence-corrected chi connectivity index (χ3v) is 5.27. The molecule has 116 valence electrons. The molecule has 1 aliphatic heterocycles. The van der Waals surface area contributed by atoms with E-state index in [-0.39, 0.29) is 18.4 Å². The van der Waals surface area contributed by atoms with E-state index in [2.05, 4.69) is 35.2 Å². The molecule has 0 N–H and O–H groups in total. The van der Waals surface area contributed by atoms with E-state index in [0.717, 1.165) is 25.7 Å². The first kappa shape index (κ1) is 15.0. The van der Waals surface area contributed by atoms with Crippen LogP contribution in [0, 0.1) is 0 Å². The lowest BCUT2D eigenvalue weighted by Crippen LogP contribution is -2.52. The van der Waals surface area contributed by atoms with Gasteiger partial charge in [0, 0.05) is 12.6 Å². The molecule has 2 aliphatic rings. The highest BCUT2D eigenvalue weighted by Gasteiger charge is 2.48. The third kappa shape index (κ3) is 3.00. The van der Waals surface area contributed by atoms with Gasteiger partial charge in [0.05, 0.1) is 11.7 Å². The van der Waals surface area contributed by atoms with Crippen molar-refractivity contribution in [2.75, 3.05) is 20.3 Å². The zero-order valence-electron chi connectivity index (χ0n) is 12.9. The fourth-order valence-corrected chi connectivity index (χ4v) is 4.25. The molecule has 1 heterocycles. The van der Waals surface area contributed by atoms with Crippen LogP contribution in [-0.4, -0.2) is 36.8 Å². The van der Waals surface area contributed by atoms with Gasteiger partial charge in [0.15, 0.2) is 0 Å². The summed E-state index contributed by atoms with van der Waals surface area (Å²) in [5, 5.41) is 0. The first-order valence-electron chi connectivity index (χ1n) is 8.24. The van der Waals surface area contributed by atoms with Crippen molar-refractivity contribution < 1.29 is 9.13 Å². The van der Waals surface area contributed by atoms with Gasteiger partial charge in [0.25, 0.3) is 0 Å². The number of likely N-dealkylation sites (N-methyl/N-ethyl adjacent to an activating group) is 1. The van der Waals surface area contributed by atoms with Crippen LogP contribution in [0.15, 0.2) is 30.3 Å². The highest BCUT2D eigenvalue weighted by atomic mass is 19.1. The minimum atomic E-state index is -0.273. The van der Waals surface area contributed by atoms with Crippen LogP contribution in [-0.2, 0) is 4.74 Å². The van der Waals surface area contributed by atoms with Gasteiger partial charge in [0.2, 0.25) is 0 Å². The van der Waals surface area contributed by atoms with Crippen LogP contribution in [0.3, 0.4) is 0 Å². The molecule has 1 aromatic rings. The van der Waals surface area contributed by atoms with Crippen molar-refractivity contribution in [3.05, 3.63) is 35.9 Å². The average Bonchev–Trinajstić information content (AvgIpc) is 2.91. The predicted molar refractivity (Wildman–Crippen MR) is 83.1 cm³/mol. The molecule has 2 fully saturated rings. The summed E-state index contributed by atoms with van der Waals surface area (Å²) in [5.41, 5.74) is 1.23. The van der Waals surface area contributed by atoms with E-state index in [4.69, 9.17) is 4.74 Å². The molecule has 1 saturated heterocycles. The van der Waals surface area contributed by atoms with E-state index < -0.39 is 0 Å². The molecular formula is C18H26FNO. The second-order valence-electron chi connectivity index (χ2n) is 6.55. The van der Waals surface area contributed by atoms with Crippen molar-refractivity contribution in [3.63, 3.8) is 0 Å². The summed E-state index contributed by atoms with van der Waals surface area (Å²) in [6.07, 6.45) is 7.10. The standard InChI is InChI=1S/C18H26FNO/c1-20(14-13-19)17-10-6-12-18(17)11-5-9-16(21-18)15-7-3-2-4-8-15/h2-4,7-8,16-17H,5-6,9-14H2,1H3. The normalized spacial score (nSPS) is 32.9. The highest BCUT2D eigenvalue weighted by Crippen LogP contribution is 2.47. The van der Waals surface area contributed by atoms with Gasteiger partial charge in [-0.3, -0.25) is 4.90 Å². The number of benzene rings is 1. The lowest BCUT2D eigenvalue weighted by molar-refractivity contribution is -0.155. The molecular weight excluding hydrogens is 265 g/mol. The SMILES string of the molecule is CN(CCF)C1CCCC12CCCC(c1ccccc1)O2. The van der Waals surface area contributed by atoms with E-state index in [1.807, 2.05) is 7.05 Å². The molecule has 0 amide bonds. The second-order valence-corrected chi connectivity index (χ2v) is 6.55. The van der Waals surface area contributed by atoms with E-state index in [9.17, 15) is 4.39 Å². The summed E-state index contributed by atoms with van der Waals surface area (Å²) in [4.78, 5) is 2.18. The molecule has 1 aromatic carbocycles. The van der Waals surface area contributed by atoms with E-state index in [1.54, 1.807) is 0 Å². The van der Waals surface area contributed by atoms with E-state index in [0.29, 0.717) is 12.6 Å². The van der Waals surface area contributed by atoms with Gasteiger partial charge < -0.3 is 4.74 Å². The largest absolute Gasteiger partial charge is 0.365 e. The van der Waals surface area contributed by atoms with Crippen LogP contribution in [0.2, 0.25) is 0 Å². The fourth-order valence-electron chi connectivity index (χ4n) is 4.25. The van der Waals surface area contributed by atoms with Gasteiger partial charge in [-0.2, -0.15) is 0 Å². The summed E-state index contributed by atoms with van der Waals surface area (Å²) in [7, 11) is 2.05. The molecule has 0 radical (unpaired) electrons. The number of alkyl halides is 1. The Morgan fingerprint density at radius 3 is 2.62 bits per heavy atom. The maximum Gasteiger partial charge on any atom is 0.102 e. The predicted octanol–water partition coefficient (Wildman–Crippen LogP) is 4.12. The Bertz CT molecular complexity index is 452. The van der Waals surface area contributed by atoms with Crippen molar-refractivity contribution in [1.82, 2.24) is 4.90 Å². The number of rotatable bonds is 4. The number of hydrogen-bond acceptors (Lipinski definition) is 2. The molecule has 3 rings (SSSR count). The minimum absolute atomic E-state index is 0.0529. The van der Waals surface area contributed by atoms with Gasteiger partial charge in [-0.15, -0.1) is 0 Å². The second kappa shape index (κ2) is 6.45. The number of ether oxygens (including phenoxy) is 1. The smallest absolute Gasteiger partial charge is 0.102 e. The van der Waals surface area contributed by atoms with Crippen LogP contribution in [0.1, 0.15) is 50.2 Å². The molecule has 3 heteroatoms. The van der Waals surface area contributed by atoms with Crippen molar-refractivity contribution in [2.24, 2.45) is 0 Å². The summed E-state index contributed by atoms with van der Waals surface area (Å²) in [6, 6.07) is 10.9. The molecule has 2 nitrogen and oxygen atoms in total. The van der Waals surface area contributed by atoms with E-state index in [1.165, 1.54) is 18.4 Å². The van der Waals surface area contributed by atoms with Gasteiger partial charge in [-0.05, 0) is 51.1 Å². The van der Waals surface area contributed by atoms with Gasteiger partial charge in [-0.1, -0.05) is 30.3 Å². The van der Waals surface area contributed by atoms with Crippen molar-refractivity contribution >= 4 is 0 Å². The molecule has 21 heavy (non-hydrogen) atoms. The van der Waals surface area contributed by atoms with Crippen LogP contribution in [0.5, 0.6) is 0 Å². The molecule has 3 unspecified atom stereocenters. The minimum Gasteiger partial charge on any atom is -0.365 e. The number of nitrogens with zero attached hydrogens (tertiary/aromatic N) is 1. The lowest BCUT2D eigenvalue weighted by Gasteiger charge is -2.45. The Balaban J connectivity index is 1.77. The zero-order valence-corrected chi connectivity index (χ0v) is 12.9. The number of halogens is 1. The van der Waals surface area contributed by atoms with Crippen molar-refractivity contribution in [2.45, 2.75) is 56.3 Å². The van der Waals surface area contributed by atoms with Crippen molar-refractivity contribution in [3.8, 4) is 0 Å². The maximum atomic E-state index is 12.7. The molecule has 1 aliphatic carbocycles. The van der Waals surface area contributed by atoms with Crippen LogP contribution < -0.4 is 0 Å². The summed E-state index contributed by atoms with van der Waals surface area (Å²) in [6.45, 7) is 0.247. The fraction of sp³-hybridized carbons (Fsp3) is 0.667. The zero-order chi connectivity index (χ0) is 14.7. The Kier molecular flexibility index (Phi) is 4.60. The Labute approximate surface area is 127 Å². The summed E-state index contributed by atoms with van der Waals surface area (Å²) in [5.74, 6) is 0. The Hall–Kier alpha value is -0.930. The monoisotopic (exact) mass is 291 g/mol. The first-order valence-corrected chi connectivity index (χ1v) is 8.24. The highest BCUT2D eigenvalue weighted by molar-refractivity contribution is 5.19. The number of hydrogen-bond donors (Lipinski definition) is 0. The molecule has 0 bridgehead atoms. The summed E-state index contributed by atoms with van der Waals surface area (Å²) < 4.78 is 19.3. The molecule has 3 atom stereocenters. The van der Waals surface area contributed by atoms with Gasteiger partial charge >= 0.3 is 0 Å². The van der Waals surface area contributed by atoms with Crippen LogP contribution in [0.4, 0.5) is 4.39 Å². The topological polar surface area (TPSA) is 12.5 Å². The van der Waals surface area contributed by atoms with Crippen LogP contribution >= 0.6 is 0 Å². The molecule has 1 spiro atoms. The lowest BCUT2D eigenvalue weighted by atomic mass is 9.85. The first-order chi connectivity index (χ1) is 10.2. The van der Waals surface area contributed by atoms with Crippen molar-refractivity contribution in [1.29, 1.82) is 0 Å². The molecule has 1 saturated carbocycles. The Morgan fingerprint density at radius 2 is 1.90 bits per heavy atom. The third-order valence-electron chi connectivity index (χ3n) is 5.27. The average molecular weight is 291 g/mol. The summed E-state index contributed by atoms with van der Waals surface area (Å²) >= 11 is 0. The van der Waals surface area contributed by atoms with Gasteiger partial charge in [0.1, 0.15) is 6.67 Å². The van der Waals surface area contributed by atoms with E-state index >= 15 is 0 Å². The maximum absolute atomic E-state index is 12.7. The quantitative estimate of drug-likeness (QED) is 0.827. The van der Waals surface area contributed by atoms with Crippen LogP contribution in [0.25, 0.3) is 0 Å².